The third-order valence-corrected chi connectivity index (χ3v) is 2.76. The molecule has 0 aliphatic heterocycles. The fraction of sp³-hybridized carbons (Fsp3) is 0.600. The SMILES string of the molecule is Cc1oncc1C(=O)NC(CN)C1CC1. The monoisotopic (exact) mass is 209 g/mol. The molecule has 1 saturated carbocycles. The molecule has 1 aliphatic rings. The van der Waals surface area contributed by atoms with Gasteiger partial charge in [0.2, 0.25) is 0 Å². The summed E-state index contributed by atoms with van der Waals surface area (Å²) in [5.41, 5.74) is 6.09. The predicted octanol–water partition coefficient (Wildman–Crippen LogP) is 0.450. The Hall–Kier alpha value is -1.36. The Kier molecular flexibility index (Phi) is 2.73. The number of nitrogens with two attached hydrogens (primary N) is 1. The van der Waals surface area contributed by atoms with Crippen LogP contribution in [0.15, 0.2) is 10.7 Å². The Labute approximate surface area is 88.0 Å². The zero-order valence-corrected chi connectivity index (χ0v) is 8.69. The van der Waals surface area contributed by atoms with Gasteiger partial charge in [0, 0.05) is 12.6 Å². The van der Waals surface area contributed by atoms with Crippen molar-refractivity contribution in [2.75, 3.05) is 6.54 Å². The van der Waals surface area contributed by atoms with Crippen molar-refractivity contribution in [2.24, 2.45) is 11.7 Å². The van der Waals surface area contributed by atoms with Crippen LogP contribution in [0.1, 0.15) is 29.0 Å². The Morgan fingerprint density at radius 2 is 2.53 bits per heavy atom. The lowest BCUT2D eigenvalue weighted by Crippen LogP contribution is -2.41. The van der Waals surface area contributed by atoms with E-state index in [0.29, 0.717) is 23.8 Å². The molecular weight excluding hydrogens is 194 g/mol. The summed E-state index contributed by atoms with van der Waals surface area (Å²) in [6.07, 6.45) is 3.75. The minimum Gasteiger partial charge on any atom is -0.361 e. The first-order valence-electron chi connectivity index (χ1n) is 5.14. The van der Waals surface area contributed by atoms with Crippen LogP contribution >= 0.6 is 0 Å². The molecule has 0 radical (unpaired) electrons. The van der Waals surface area contributed by atoms with Crippen LogP contribution in [-0.2, 0) is 0 Å². The predicted molar refractivity (Wildman–Crippen MR) is 54.3 cm³/mol. The molecule has 3 N–H and O–H groups in total. The van der Waals surface area contributed by atoms with Crippen molar-refractivity contribution in [2.45, 2.75) is 25.8 Å². The fourth-order valence-corrected chi connectivity index (χ4v) is 1.63. The maximum absolute atomic E-state index is 11.8. The van der Waals surface area contributed by atoms with Crippen LogP contribution in [0, 0.1) is 12.8 Å². The van der Waals surface area contributed by atoms with Crippen molar-refractivity contribution in [3.8, 4) is 0 Å². The summed E-state index contributed by atoms with van der Waals surface area (Å²) < 4.78 is 4.83. The number of carbonyl (C=O) groups is 1. The molecule has 1 aromatic heterocycles. The van der Waals surface area contributed by atoms with Crippen LogP contribution in [0.3, 0.4) is 0 Å². The Bertz CT molecular complexity index is 357. The van der Waals surface area contributed by atoms with Gasteiger partial charge in [-0.1, -0.05) is 5.16 Å². The van der Waals surface area contributed by atoms with E-state index in [0.717, 1.165) is 12.8 Å². The third kappa shape index (κ3) is 2.18. The van der Waals surface area contributed by atoms with Gasteiger partial charge in [-0.25, -0.2) is 0 Å². The Balaban J connectivity index is 1.99. The van der Waals surface area contributed by atoms with Gasteiger partial charge in [0.1, 0.15) is 11.3 Å². The normalized spacial score (nSPS) is 17.5. The maximum Gasteiger partial charge on any atom is 0.256 e. The van der Waals surface area contributed by atoms with Gasteiger partial charge in [0.15, 0.2) is 0 Å². The molecule has 1 atom stereocenters. The number of aromatic nitrogens is 1. The first-order valence-corrected chi connectivity index (χ1v) is 5.14. The number of carbonyl (C=O) groups excluding carboxylic acids is 1. The Morgan fingerprint density at radius 3 is 3.00 bits per heavy atom. The van der Waals surface area contributed by atoms with Crippen molar-refractivity contribution in [1.82, 2.24) is 10.5 Å². The second-order valence-electron chi connectivity index (χ2n) is 3.95. The minimum atomic E-state index is -0.142. The number of rotatable bonds is 4. The molecule has 0 bridgehead atoms. The molecule has 1 fully saturated rings. The lowest BCUT2D eigenvalue weighted by atomic mass is 10.1. The van der Waals surface area contributed by atoms with E-state index in [9.17, 15) is 4.79 Å². The van der Waals surface area contributed by atoms with E-state index >= 15 is 0 Å². The third-order valence-electron chi connectivity index (χ3n) is 2.76. The van der Waals surface area contributed by atoms with Gasteiger partial charge in [-0.2, -0.15) is 0 Å². The van der Waals surface area contributed by atoms with Crippen molar-refractivity contribution < 1.29 is 9.32 Å². The number of hydrogen-bond acceptors (Lipinski definition) is 4. The summed E-state index contributed by atoms with van der Waals surface area (Å²) in [7, 11) is 0. The van der Waals surface area contributed by atoms with E-state index in [4.69, 9.17) is 10.3 Å². The molecule has 0 saturated heterocycles. The first kappa shape index (κ1) is 10.2. The zero-order chi connectivity index (χ0) is 10.8. The van der Waals surface area contributed by atoms with Crippen LogP contribution in [0.2, 0.25) is 0 Å². The minimum absolute atomic E-state index is 0.0896. The lowest BCUT2D eigenvalue weighted by Gasteiger charge is -2.15. The van der Waals surface area contributed by atoms with Crippen molar-refractivity contribution in [1.29, 1.82) is 0 Å². The van der Waals surface area contributed by atoms with Gasteiger partial charge < -0.3 is 15.6 Å². The molecule has 5 heteroatoms. The zero-order valence-electron chi connectivity index (χ0n) is 8.69. The van der Waals surface area contributed by atoms with E-state index < -0.39 is 0 Å². The molecule has 1 aliphatic carbocycles. The van der Waals surface area contributed by atoms with E-state index in [1.165, 1.54) is 6.20 Å². The van der Waals surface area contributed by atoms with E-state index in [-0.39, 0.29) is 11.9 Å². The molecule has 0 aromatic carbocycles. The quantitative estimate of drug-likeness (QED) is 0.754. The van der Waals surface area contributed by atoms with Gasteiger partial charge in [0.05, 0.1) is 6.20 Å². The molecule has 0 spiro atoms. The van der Waals surface area contributed by atoms with Crippen LogP contribution < -0.4 is 11.1 Å². The average molecular weight is 209 g/mol. The molecule has 5 nitrogen and oxygen atoms in total. The number of hydrogen-bond donors (Lipinski definition) is 2. The molecule has 2 rings (SSSR count). The van der Waals surface area contributed by atoms with Crippen molar-refractivity contribution in [3.63, 3.8) is 0 Å². The number of amides is 1. The number of nitrogens with zero attached hydrogens (tertiary/aromatic N) is 1. The summed E-state index contributed by atoms with van der Waals surface area (Å²) in [5.74, 6) is 0.953. The highest BCUT2D eigenvalue weighted by atomic mass is 16.5. The Morgan fingerprint density at radius 1 is 1.80 bits per heavy atom. The summed E-state index contributed by atoms with van der Waals surface area (Å²) in [5, 5.41) is 6.48. The van der Waals surface area contributed by atoms with Gasteiger partial charge in [-0.05, 0) is 25.7 Å². The molecule has 82 valence electrons. The largest absolute Gasteiger partial charge is 0.361 e. The number of aryl methyl sites for hydroxylation is 1. The summed E-state index contributed by atoms with van der Waals surface area (Å²) in [6, 6.07) is 0.0896. The molecule has 15 heavy (non-hydrogen) atoms. The molecule has 1 amide bonds. The van der Waals surface area contributed by atoms with E-state index in [1.54, 1.807) is 6.92 Å². The molecular formula is C10H15N3O2. The lowest BCUT2D eigenvalue weighted by molar-refractivity contribution is 0.0932. The van der Waals surface area contributed by atoms with Crippen LogP contribution in [0.5, 0.6) is 0 Å². The molecule has 1 unspecified atom stereocenters. The van der Waals surface area contributed by atoms with Crippen molar-refractivity contribution >= 4 is 5.91 Å². The van der Waals surface area contributed by atoms with Gasteiger partial charge in [0.25, 0.3) is 5.91 Å². The first-order chi connectivity index (χ1) is 7.22. The highest BCUT2D eigenvalue weighted by molar-refractivity contribution is 5.94. The fourth-order valence-electron chi connectivity index (χ4n) is 1.63. The summed E-state index contributed by atoms with van der Waals surface area (Å²) >= 11 is 0. The average Bonchev–Trinajstić information content (AvgIpc) is 2.97. The van der Waals surface area contributed by atoms with E-state index in [2.05, 4.69) is 10.5 Å². The van der Waals surface area contributed by atoms with Crippen molar-refractivity contribution in [3.05, 3.63) is 17.5 Å². The molecule has 1 aromatic rings. The molecule has 1 heterocycles. The number of nitrogens with one attached hydrogen (secondary N) is 1. The highest BCUT2D eigenvalue weighted by Gasteiger charge is 2.31. The van der Waals surface area contributed by atoms with Crippen LogP contribution in [-0.4, -0.2) is 23.7 Å². The standard InChI is InChI=1S/C10H15N3O2/c1-6-8(5-12-15-6)10(14)13-9(4-11)7-2-3-7/h5,7,9H,2-4,11H2,1H3,(H,13,14). The van der Waals surface area contributed by atoms with Crippen LogP contribution in [0.4, 0.5) is 0 Å². The summed E-state index contributed by atoms with van der Waals surface area (Å²) in [6.45, 7) is 2.21. The van der Waals surface area contributed by atoms with E-state index in [1.807, 2.05) is 0 Å². The van der Waals surface area contributed by atoms with Gasteiger partial charge in [-0.3, -0.25) is 4.79 Å². The van der Waals surface area contributed by atoms with Gasteiger partial charge >= 0.3 is 0 Å². The summed E-state index contributed by atoms with van der Waals surface area (Å²) in [4.78, 5) is 11.8. The smallest absolute Gasteiger partial charge is 0.256 e. The maximum atomic E-state index is 11.8. The highest BCUT2D eigenvalue weighted by Crippen LogP contribution is 2.32. The second kappa shape index (κ2) is 4.02. The van der Waals surface area contributed by atoms with Gasteiger partial charge in [-0.15, -0.1) is 0 Å². The second-order valence-corrected chi connectivity index (χ2v) is 3.95. The van der Waals surface area contributed by atoms with Crippen LogP contribution in [0.25, 0.3) is 0 Å². The topological polar surface area (TPSA) is 81.2 Å².